The summed E-state index contributed by atoms with van der Waals surface area (Å²) in [6.45, 7) is 3.55. The summed E-state index contributed by atoms with van der Waals surface area (Å²) in [6, 6.07) is 3.68. The van der Waals surface area contributed by atoms with Gasteiger partial charge in [0.05, 0.1) is 5.56 Å². The molecule has 0 fully saturated rings. The lowest BCUT2D eigenvalue weighted by molar-refractivity contribution is -0.138. The first kappa shape index (κ1) is 14.3. The molecule has 5 heteroatoms. The molecule has 1 atom stereocenters. The molecule has 0 saturated carbocycles. The van der Waals surface area contributed by atoms with E-state index < -0.39 is 17.8 Å². The van der Waals surface area contributed by atoms with Crippen molar-refractivity contribution in [2.75, 3.05) is 0 Å². The smallest absolute Gasteiger partial charge is 0.324 e. The summed E-state index contributed by atoms with van der Waals surface area (Å²) in [6.07, 6.45) is -1.41. The second kappa shape index (κ2) is 5.69. The first-order chi connectivity index (χ1) is 7.86. The zero-order valence-electron chi connectivity index (χ0n) is 9.10. The first-order valence-corrected chi connectivity index (χ1v) is 5.88. The fourth-order valence-electron chi connectivity index (χ4n) is 1.45. The molecule has 1 nitrogen and oxygen atoms in total. The molecule has 0 saturated heterocycles. The summed E-state index contributed by atoms with van der Waals surface area (Å²) in [5.41, 5.74) is 5.61. The Bertz CT molecular complexity index is 401. The van der Waals surface area contributed by atoms with Crippen molar-refractivity contribution in [2.24, 2.45) is 5.73 Å². The number of allylic oxidation sites excluding steroid dienone is 1. The number of hydrogen-bond acceptors (Lipinski definition) is 1. The normalized spacial score (nSPS) is 13.5. The Labute approximate surface area is 107 Å². The second-order valence-corrected chi connectivity index (χ2v) is 4.56. The average Bonchev–Trinajstić information content (AvgIpc) is 2.25. The van der Waals surface area contributed by atoms with Crippen LogP contribution in [0.4, 0.5) is 13.2 Å². The van der Waals surface area contributed by atoms with Crippen molar-refractivity contribution >= 4 is 15.9 Å². The van der Waals surface area contributed by atoms with Gasteiger partial charge in [-0.1, -0.05) is 28.1 Å². The van der Waals surface area contributed by atoms with Gasteiger partial charge in [-0.3, -0.25) is 0 Å². The van der Waals surface area contributed by atoms with Crippen molar-refractivity contribution in [1.82, 2.24) is 0 Å². The van der Waals surface area contributed by atoms with Crippen molar-refractivity contribution in [3.05, 3.63) is 46.5 Å². The maximum Gasteiger partial charge on any atom is 0.417 e. The fourth-order valence-corrected chi connectivity index (χ4v) is 1.93. The summed E-state index contributed by atoms with van der Waals surface area (Å²) >= 11 is 2.89. The van der Waals surface area contributed by atoms with E-state index in [1.54, 1.807) is 12.1 Å². The molecular weight excluding hydrogens is 295 g/mol. The lowest BCUT2D eigenvalue weighted by Gasteiger charge is -2.15. The van der Waals surface area contributed by atoms with Crippen molar-refractivity contribution in [3.8, 4) is 0 Å². The third-order valence-electron chi connectivity index (χ3n) is 2.41. The van der Waals surface area contributed by atoms with Gasteiger partial charge in [0.25, 0.3) is 0 Å². The van der Waals surface area contributed by atoms with Gasteiger partial charge >= 0.3 is 6.18 Å². The van der Waals surface area contributed by atoms with Crippen molar-refractivity contribution in [2.45, 2.75) is 25.1 Å². The van der Waals surface area contributed by atoms with Crippen LogP contribution in [0, 0.1) is 0 Å². The van der Waals surface area contributed by atoms with Crippen LogP contribution in [-0.2, 0) is 6.18 Å². The lowest BCUT2D eigenvalue weighted by Crippen LogP contribution is -2.13. The van der Waals surface area contributed by atoms with E-state index >= 15 is 0 Å². The number of alkyl halides is 3. The molecule has 0 spiro atoms. The highest BCUT2D eigenvalue weighted by atomic mass is 79.9. The van der Waals surface area contributed by atoms with Crippen molar-refractivity contribution < 1.29 is 13.2 Å². The molecule has 17 heavy (non-hydrogen) atoms. The standard InChI is InChI=1S/C12H13BrF3N/c1-2-3-4-11(17)8-5-6-10(13)9(7-8)12(14,15)16/h2,5-7,11H,1,3-4,17H2. The van der Waals surface area contributed by atoms with Crippen molar-refractivity contribution in [1.29, 1.82) is 0 Å². The number of benzene rings is 1. The Kier molecular flexibility index (Phi) is 4.77. The third-order valence-corrected chi connectivity index (χ3v) is 3.10. The highest BCUT2D eigenvalue weighted by molar-refractivity contribution is 9.10. The molecule has 2 N–H and O–H groups in total. The Balaban J connectivity index is 3.00. The minimum Gasteiger partial charge on any atom is -0.324 e. The predicted octanol–water partition coefficient (Wildman–Crippen LogP) is 4.43. The number of nitrogens with two attached hydrogens (primary N) is 1. The Morgan fingerprint density at radius 3 is 2.59 bits per heavy atom. The van der Waals surface area contributed by atoms with E-state index in [0.717, 1.165) is 6.07 Å². The molecule has 0 bridgehead atoms. The van der Waals surface area contributed by atoms with Crippen molar-refractivity contribution in [3.63, 3.8) is 0 Å². The number of halogens is 4. The molecule has 94 valence electrons. The third kappa shape index (κ3) is 3.85. The maximum absolute atomic E-state index is 12.7. The van der Waals surface area contributed by atoms with E-state index in [4.69, 9.17) is 5.73 Å². The zero-order chi connectivity index (χ0) is 13.1. The monoisotopic (exact) mass is 307 g/mol. The Hall–Kier alpha value is -0.810. The van der Waals surface area contributed by atoms with Crippen LogP contribution in [0.15, 0.2) is 35.3 Å². The molecule has 1 unspecified atom stereocenters. The van der Waals surface area contributed by atoms with Gasteiger partial charge in [0, 0.05) is 10.5 Å². The molecule has 1 aromatic carbocycles. The van der Waals surface area contributed by atoms with E-state index in [2.05, 4.69) is 22.5 Å². The van der Waals surface area contributed by atoms with E-state index in [9.17, 15) is 13.2 Å². The molecule has 1 rings (SSSR count). The van der Waals surface area contributed by atoms with E-state index in [1.165, 1.54) is 6.07 Å². The summed E-state index contributed by atoms with van der Waals surface area (Å²) in [7, 11) is 0. The quantitative estimate of drug-likeness (QED) is 0.818. The number of rotatable bonds is 4. The van der Waals surface area contributed by atoms with Crippen LogP contribution in [0.25, 0.3) is 0 Å². The summed E-state index contributed by atoms with van der Waals surface area (Å²) < 4.78 is 38.0. The molecule has 0 heterocycles. The van der Waals surface area contributed by atoms with Gasteiger partial charge in [-0.15, -0.1) is 6.58 Å². The fraction of sp³-hybridized carbons (Fsp3) is 0.333. The van der Waals surface area contributed by atoms with E-state index in [-0.39, 0.29) is 4.47 Å². The summed E-state index contributed by atoms with van der Waals surface area (Å²) in [4.78, 5) is 0. The topological polar surface area (TPSA) is 26.0 Å². The lowest BCUT2D eigenvalue weighted by atomic mass is 10.0. The summed E-state index contributed by atoms with van der Waals surface area (Å²) in [5, 5.41) is 0. The number of hydrogen-bond donors (Lipinski definition) is 1. The maximum atomic E-state index is 12.7. The van der Waals surface area contributed by atoms with Gasteiger partial charge in [0.1, 0.15) is 0 Å². The van der Waals surface area contributed by atoms with Gasteiger partial charge in [-0.05, 0) is 30.5 Å². The van der Waals surface area contributed by atoms with Gasteiger partial charge in [0.15, 0.2) is 0 Å². The first-order valence-electron chi connectivity index (χ1n) is 5.09. The molecule has 0 aliphatic heterocycles. The van der Waals surface area contributed by atoms with Gasteiger partial charge in [-0.25, -0.2) is 0 Å². The van der Waals surface area contributed by atoms with E-state index in [1.807, 2.05) is 0 Å². The molecule has 0 aliphatic rings. The zero-order valence-corrected chi connectivity index (χ0v) is 10.7. The minimum atomic E-state index is -4.37. The van der Waals surface area contributed by atoms with Crippen LogP contribution in [0.3, 0.4) is 0 Å². The van der Waals surface area contributed by atoms with Gasteiger partial charge in [0.2, 0.25) is 0 Å². The Morgan fingerprint density at radius 1 is 1.41 bits per heavy atom. The summed E-state index contributed by atoms with van der Waals surface area (Å²) in [5.74, 6) is 0. The highest BCUT2D eigenvalue weighted by Gasteiger charge is 2.33. The van der Waals surface area contributed by atoms with Crippen LogP contribution in [-0.4, -0.2) is 0 Å². The molecule has 0 aromatic heterocycles. The highest BCUT2D eigenvalue weighted by Crippen LogP contribution is 2.36. The average molecular weight is 308 g/mol. The van der Waals surface area contributed by atoms with Crippen LogP contribution in [0.2, 0.25) is 0 Å². The predicted molar refractivity (Wildman–Crippen MR) is 65.5 cm³/mol. The van der Waals surface area contributed by atoms with Gasteiger partial charge in [-0.2, -0.15) is 13.2 Å². The van der Waals surface area contributed by atoms with Gasteiger partial charge < -0.3 is 5.73 Å². The molecule has 0 radical (unpaired) electrons. The van der Waals surface area contributed by atoms with Crippen LogP contribution in [0.5, 0.6) is 0 Å². The van der Waals surface area contributed by atoms with Crippen LogP contribution in [0.1, 0.15) is 30.0 Å². The van der Waals surface area contributed by atoms with Crippen LogP contribution < -0.4 is 5.73 Å². The second-order valence-electron chi connectivity index (χ2n) is 3.71. The largest absolute Gasteiger partial charge is 0.417 e. The minimum absolute atomic E-state index is 0.0321. The van der Waals surface area contributed by atoms with Crippen LogP contribution >= 0.6 is 15.9 Å². The molecular formula is C12H13BrF3N. The molecule has 0 amide bonds. The SMILES string of the molecule is C=CCCC(N)c1ccc(Br)c(C(F)(F)F)c1. The molecule has 0 aliphatic carbocycles. The Morgan fingerprint density at radius 2 is 2.06 bits per heavy atom. The van der Waals surface area contributed by atoms with E-state index in [0.29, 0.717) is 18.4 Å². The molecule has 1 aromatic rings.